The largest absolute Gasteiger partial charge is 0.306 e. The van der Waals surface area contributed by atoms with Crippen LogP contribution < -0.4 is 0 Å². The lowest BCUT2D eigenvalue weighted by molar-refractivity contribution is 0.165. The van der Waals surface area contributed by atoms with Gasteiger partial charge in [0.05, 0.1) is 45.2 Å². The van der Waals surface area contributed by atoms with Gasteiger partial charge >= 0.3 is 0 Å². The average molecular weight is 984 g/mol. The Kier molecular flexibility index (Phi) is 6.98. The van der Waals surface area contributed by atoms with Crippen molar-refractivity contribution in [2.24, 2.45) is 23.7 Å². The van der Waals surface area contributed by atoms with Gasteiger partial charge in [0, 0.05) is 33.2 Å². The number of hydrogen-bond donors (Lipinski definition) is 0. The second-order valence-corrected chi connectivity index (χ2v) is 26.3. The summed E-state index contributed by atoms with van der Waals surface area (Å²) in [6.45, 7) is 0. The molecule has 3 heteroatoms. The van der Waals surface area contributed by atoms with Crippen LogP contribution >= 0.6 is 0 Å². The minimum atomic E-state index is -0.606. The van der Waals surface area contributed by atoms with Crippen molar-refractivity contribution in [2.45, 2.75) is 98.7 Å². The fourth-order valence-electron chi connectivity index (χ4n) is 21.4. The van der Waals surface area contributed by atoms with Crippen molar-refractivity contribution in [2.75, 3.05) is 0 Å². The van der Waals surface area contributed by atoms with Gasteiger partial charge in [0.1, 0.15) is 0 Å². The van der Waals surface area contributed by atoms with Crippen LogP contribution in [0.1, 0.15) is 160 Å². The molecule has 0 aliphatic heterocycles. The maximum Gasteiger partial charge on any atom is 0.0995 e. The highest BCUT2D eigenvalue weighted by molar-refractivity contribution is 6.29. The first-order chi connectivity index (χ1) is 38.1. The number of rotatable bonds is 0. The summed E-state index contributed by atoms with van der Waals surface area (Å²) in [7, 11) is 0. The molecular weight excluding hydrogens is 931 g/mol. The fraction of sp³-hybridized carbons (Fsp3) is 0.270. The van der Waals surface area contributed by atoms with Crippen LogP contribution in [0.5, 0.6) is 0 Å². The highest BCUT2D eigenvalue weighted by Gasteiger charge is 2.58. The normalized spacial score (nSPS) is 26.4. The van der Waals surface area contributed by atoms with Gasteiger partial charge in [-0.3, -0.25) is 4.98 Å². The third-order valence-electron chi connectivity index (χ3n) is 23.2. The van der Waals surface area contributed by atoms with Crippen LogP contribution in [0.15, 0.2) is 152 Å². The molecule has 4 fully saturated rings. The molecule has 12 aliphatic carbocycles. The Morgan fingerprint density at radius 1 is 0.403 bits per heavy atom. The van der Waals surface area contributed by atoms with Gasteiger partial charge in [0.15, 0.2) is 0 Å². The topological polar surface area (TPSA) is 41.1 Å². The molecule has 77 heavy (non-hydrogen) atoms. The summed E-state index contributed by atoms with van der Waals surface area (Å²) in [5, 5.41) is 17.3. The van der Waals surface area contributed by atoms with Crippen LogP contribution in [0.4, 0.5) is 0 Å². The van der Waals surface area contributed by atoms with E-state index in [0.717, 1.165) is 29.2 Å². The lowest BCUT2D eigenvalue weighted by Gasteiger charge is -2.38. The van der Waals surface area contributed by atoms with E-state index in [4.69, 9.17) is 4.98 Å². The molecule has 4 unspecified atom stereocenters. The Balaban J connectivity index is 1.00. The Hall–Kier alpha value is -7.80. The fourth-order valence-corrected chi connectivity index (χ4v) is 21.4. The Morgan fingerprint density at radius 2 is 0.857 bits per heavy atom. The van der Waals surface area contributed by atoms with Crippen molar-refractivity contribution in [1.82, 2.24) is 9.38 Å². The summed E-state index contributed by atoms with van der Waals surface area (Å²) in [6, 6.07) is 60.6. The molecule has 12 aliphatic rings. The lowest BCUT2D eigenvalue weighted by atomic mass is 9.66. The van der Waals surface area contributed by atoms with Gasteiger partial charge in [-0.15, -0.1) is 0 Å². The zero-order valence-electron chi connectivity index (χ0n) is 43.0. The number of nitriles is 1. The first-order valence-corrected chi connectivity index (χ1v) is 29.4. The van der Waals surface area contributed by atoms with Crippen LogP contribution in [0, 0.1) is 35.0 Å². The van der Waals surface area contributed by atoms with E-state index < -0.39 is 10.8 Å². The van der Waals surface area contributed by atoms with Crippen molar-refractivity contribution < 1.29 is 0 Å². The minimum Gasteiger partial charge on any atom is -0.306 e. The number of hydrogen-bond acceptors (Lipinski definition) is 2. The van der Waals surface area contributed by atoms with E-state index in [2.05, 4.69) is 162 Å². The van der Waals surface area contributed by atoms with Crippen LogP contribution in [0.2, 0.25) is 0 Å². The van der Waals surface area contributed by atoms with Gasteiger partial charge in [-0.25, -0.2) is 0 Å². The van der Waals surface area contributed by atoms with E-state index in [-0.39, 0.29) is 0 Å². The minimum absolute atomic E-state index is 0.434. The maximum atomic E-state index is 11.6. The Morgan fingerprint density at radius 3 is 1.40 bits per heavy atom. The Bertz CT molecular complexity index is 4570. The number of nitrogens with zero attached hydrogens (tertiary/aromatic N) is 3. The zero-order valence-corrected chi connectivity index (χ0v) is 43.0. The van der Waals surface area contributed by atoms with Crippen molar-refractivity contribution in [3.05, 3.63) is 224 Å². The molecule has 2 spiro atoms. The molecule has 23 rings (SSSR count). The molecule has 0 amide bonds. The van der Waals surface area contributed by atoms with Crippen molar-refractivity contribution in [1.29, 1.82) is 5.26 Å². The first-order valence-electron chi connectivity index (χ1n) is 29.4. The number of fused-ring (bicyclic) bond motifs is 27. The van der Waals surface area contributed by atoms with Crippen LogP contribution in [0.3, 0.4) is 0 Å². The third-order valence-corrected chi connectivity index (χ3v) is 23.2. The molecule has 4 atom stereocenters. The maximum absolute atomic E-state index is 11.6. The van der Waals surface area contributed by atoms with Crippen LogP contribution in [-0.2, 0) is 10.8 Å². The van der Waals surface area contributed by atoms with Crippen LogP contribution in [-0.4, -0.2) is 9.38 Å². The van der Waals surface area contributed by atoms with Gasteiger partial charge in [-0.1, -0.05) is 121 Å². The molecule has 0 saturated heterocycles. The SMILES string of the molecule is N#Cc1cc2c(c3c1C1CC4CC(C1)CC3C4)c1c3c(cc4c5c6c(ncc5n2c41)C1CC2CC(C1)CC6C2)-c1cc2c(cc1C31c3ccccc3-c3ccccc31)-c1ccccc1C21c2ccccc2-c2ccccc21. The molecule has 4 saturated carbocycles. The number of pyridine rings is 1. The van der Waals surface area contributed by atoms with Gasteiger partial charge in [0.25, 0.3) is 0 Å². The molecule has 8 bridgehead atoms. The molecule has 11 aromatic rings. The molecule has 0 N–H and O–H groups in total. The summed E-state index contributed by atoms with van der Waals surface area (Å²) in [5.41, 5.74) is 31.8. The number of benzene rings is 8. The summed E-state index contributed by atoms with van der Waals surface area (Å²) >= 11 is 0. The van der Waals surface area contributed by atoms with E-state index >= 15 is 0 Å². The van der Waals surface area contributed by atoms with E-state index in [1.807, 2.05) is 0 Å². The predicted octanol–water partition coefficient (Wildman–Crippen LogP) is 17.6. The van der Waals surface area contributed by atoms with Gasteiger partial charge in [0.2, 0.25) is 0 Å². The predicted molar refractivity (Wildman–Crippen MR) is 307 cm³/mol. The second kappa shape index (κ2) is 13.3. The third kappa shape index (κ3) is 4.35. The molecular formula is C74H53N3. The molecule has 8 aromatic carbocycles. The highest BCUT2D eigenvalue weighted by atomic mass is 14.9. The summed E-state index contributed by atoms with van der Waals surface area (Å²) in [6.07, 6.45) is 15.2. The molecule has 3 nitrogen and oxygen atoms in total. The molecule has 364 valence electrons. The van der Waals surface area contributed by atoms with Gasteiger partial charge in [-0.05, 0) is 236 Å². The molecule has 3 heterocycles. The van der Waals surface area contributed by atoms with Crippen molar-refractivity contribution in [3.63, 3.8) is 0 Å². The first kappa shape index (κ1) is 40.5. The quantitative estimate of drug-likeness (QED) is 0.152. The summed E-state index contributed by atoms with van der Waals surface area (Å²) < 4.78 is 2.70. The lowest BCUT2D eigenvalue weighted by Crippen LogP contribution is -2.27. The smallest absolute Gasteiger partial charge is 0.0995 e. The van der Waals surface area contributed by atoms with E-state index in [1.165, 1.54) is 203 Å². The standard InChI is InChI=1S/C74H53N3/c75-35-45-31-62-68(65-42-25-37-21-38(26-42)24-41(23-37)64(45)65)69-70-53(32-54-67-63(77(62)72(54)69)36-76-71-44-29-39-22-40(30-44)28-43(27-39)66(67)71)52-34-60-51(33-61(52)74(70)58-19-9-3-13-48(58)49-14-4-10-20-59(49)74)50-15-5-8-18-57(50)73(60)55-16-6-1-11-46(55)47-12-2-7-17-56(47)73/h1-20,31-34,36-44H,21-30H2. The van der Waals surface area contributed by atoms with E-state index in [0.29, 0.717) is 23.7 Å². The monoisotopic (exact) mass is 983 g/mol. The average Bonchev–Trinajstić information content (AvgIpc) is 4.22. The van der Waals surface area contributed by atoms with Crippen LogP contribution in [0.25, 0.3) is 82.6 Å². The summed E-state index contributed by atoms with van der Waals surface area (Å²) in [4.78, 5) is 5.72. The Labute approximate surface area is 447 Å². The van der Waals surface area contributed by atoms with Crippen molar-refractivity contribution >= 4 is 38.1 Å². The second-order valence-electron chi connectivity index (χ2n) is 26.3. The van der Waals surface area contributed by atoms with Gasteiger partial charge < -0.3 is 4.40 Å². The zero-order chi connectivity index (χ0) is 49.5. The summed E-state index contributed by atoms with van der Waals surface area (Å²) in [5.74, 6) is 4.98. The highest BCUT2D eigenvalue weighted by Crippen LogP contribution is 2.71. The molecule has 0 radical (unpaired) electrons. The van der Waals surface area contributed by atoms with Gasteiger partial charge in [-0.2, -0.15) is 5.26 Å². The number of aromatic nitrogens is 2. The van der Waals surface area contributed by atoms with E-state index in [1.54, 1.807) is 11.1 Å². The van der Waals surface area contributed by atoms with E-state index in [9.17, 15) is 5.26 Å². The van der Waals surface area contributed by atoms with Crippen molar-refractivity contribution in [3.8, 4) is 50.6 Å². The molecule has 3 aromatic heterocycles.